The van der Waals surface area contributed by atoms with Crippen LogP contribution in [-0.2, 0) is 16.4 Å². The van der Waals surface area contributed by atoms with Gasteiger partial charge in [0.15, 0.2) is 0 Å². The van der Waals surface area contributed by atoms with Crippen molar-refractivity contribution in [3.63, 3.8) is 0 Å². The Kier molecular flexibility index (Phi) is 4.11. The summed E-state index contributed by atoms with van der Waals surface area (Å²) in [6.07, 6.45) is 0.651. The number of hydrogen-bond donors (Lipinski definition) is 0. The summed E-state index contributed by atoms with van der Waals surface area (Å²) >= 11 is 0. The molecule has 0 bridgehead atoms. The number of nitrogens with zero attached hydrogens (tertiary/aromatic N) is 2. The van der Waals surface area contributed by atoms with Crippen LogP contribution in [-0.4, -0.2) is 27.1 Å². The van der Waals surface area contributed by atoms with E-state index in [2.05, 4.69) is 17.1 Å². The molecule has 0 atom stereocenters. The molecule has 3 aromatic rings. The van der Waals surface area contributed by atoms with Crippen molar-refractivity contribution in [2.24, 2.45) is 0 Å². The Labute approximate surface area is 159 Å². The van der Waals surface area contributed by atoms with Crippen LogP contribution in [0.5, 0.6) is 5.75 Å². The van der Waals surface area contributed by atoms with Crippen LogP contribution in [0.1, 0.15) is 22.3 Å². The fourth-order valence-electron chi connectivity index (χ4n) is 3.53. The Bertz CT molecular complexity index is 1170. The van der Waals surface area contributed by atoms with E-state index in [1.165, 1.54) is 11.4 Å². The molecule has 0 aliphatic carbocycles. The van der Waals surface area contributed by atoms with Crippen LogP contribution in [0.3, 0.4) is 0 Å². The molecule has 1 aromatic heterocycles. The van der Waals surface area contributed by atoms with Crippen molar-refractivity contribution in [3.8, 4) is 5.75 Å². The van der Waals surface area contributed by atoms with E-state index in [-0.39, 0.29) is 4.90 Å². The molecule has 2 heterocycles. The smallest absolute Gasteiger partial charge is 0.269 e. The summed E-state index contributed by atoms with van der Waals surface area (Å²) in [5.41, 5.74) is 4.82. The Balaban J connectivity index is 1.87. The van der Waals surface area contributed by atoms with E-state index in [9.17, 15) is 8.42 Å². The number of pyridine rings is 1. The molecule has 6 heteroatoms. The molecule has 0 unspecified atom stereocenters. The molecule has 0 amide bonds. The molecule has 140 valence electrons. The van der Waals surface area contributed by atoms with Crippen LogP contribution in [0, 0.1) is 20.8 Å². The van der Waals surface area contributed by atoms with Crippen LogP contribution >= 0.6 is 0 Å². The number of fused-ring (bicyclic) bond motifs is 2. The Morgan fingerprint density at radius 2 is 1.78 bits per heavy atom. The number of aryl methyl sites for hydroxylation is 3. The van der Waals surface area contributed by atoms with Gasteiger partial charge >= 0.3 is 0 Å². The maximum absolute atomic E-state index is 13.4. The first-order valence-corrected chi connectivity index (χ1v) is 10.3. The van der Waals surface area contributed by atoms with Crippen molar-refractivity contribution in [3.05, 3.63) is 58.7 Å². The highest BCUT2D eigenvalue weighted by molar-refractivity contribution is 7.93. The molecule has 27 heavy (non-hydrogen) atoms. The zero-order valence-electron chi connectivity index (χ0n) is 15.9. The van der Waals surface area contributed by atoms with Gasteiger partial charge in [-0.05, 0) is 74.2 Å². The Hall–Kier alpha value is -2.60. The fourth-order valence-corrected chi connectivity index (χ4v) is 5.21. The number of benzene rings is 2. The van der Waals surface area contributed by atoms with Gasteiger partial charge in [0, 0.05) is 11.9 Å². The van der Waals surface area contributed by atoms with Crippen molar-refractivity contribution in [1.82, 2.24) is 4.98 Å². The second kappa shape index (κ2) is 6.23. The number of hydrogen-bond acceptors (Lipinski definition) is 4. The molecule has 4 rings (SSSR count). The normalized spacial score (nSPS) is 13.9. The van der Waals surface area contributed by atoms with Crippen LogP contribution in [0.4, 0.5) is 5.82 Å². The summed E-state index contributed by atoms with van der Waals surface area (Å²) in [6.45, 7) is 6.26. The molecule has 0 saturated carbocycles. The molecule has 0 spiro atoms. The van der Waals surface area contributed by atoms with Crippen molar-refractivity contribution in [2.45, 2.75) is 32.1 Å². The molecule has 0 radical (unpaired) electrons. The van der Waals surface area contributed by atoms with Gasteiger partial charge in [-0.15, -0.1) is 0 Å². The predicted octanol–water partition coefficient (Wildman–Crippen LogP) is 3.92. The summed E-state index contributed by atoms with van der Waals surface area (Å²) in [7, 11) is -2.27. The van der Waals surface area contributed by atoms with Crippen LogP contribution < -0.4 is 9.04 Å². The highest BCUT2D eigenvalue weighted by atomic mass is 32.2. The third-order valence-corrected chi connectivity index (χ3v) is 7.01. The number of sulfonamides is 1. The molecule has 1 aliphatic heterocycles. The lowest BCUT2D eigenvalue weighted by Gasteiger charge is -2.21. The number of methoxy groups -OCH3 is 1. The summed E-state index contributed by atoms with van der Waals surface area (Å²) in [5, 5.41) is 1.04. The molecule has 0 fully saturated rings. The van der Waals surface area contributed by atoms with Gasteiger partial charge < -0.3 is 4.74 Å². The Morgan fingerprint density at radius 3 is 2.52 bits per heavy atom. The second-order valence-electron chi connectivity index (χ2n) is 7.08. The van der Waals surface area contributed by atoms with Crippen LogP contribution in [0.15, 0.2) is 41.3 Å². The van der Waals surface area contributed by atoms with E-state index in [1.54, 1.807) is 12.1 Å². The first kappa shape index (κ1) is 17.8. The molecule has 1 aliphatic rings. The average molecular weight is 382 g/mol. The van der Waals surface area contributed by atoms with Gasteiger partial charge in [0.05, 0.1) is 12.6 Å². The standard InChI is InChI=1S/C21H22N2O3S/c1-13-5-6-18-17(9-13)12-16-7-8-23(21(16)22-18)27(24,25)20-11-15(3)14(2)10-19(20)26-4/h5-6,9-12H,7-8H2,1-4H3. The first-order chi connectivity index (χ1) is 12.8. The van der Waals surface area contributed by atoms with Crippen LogP contribution in [0.2, 0.25) is 0 Å². The number of aromatic nitrogens is 1. The SMILES string of the molecule is COc1cc(C)c(C)cc1S(=O)(=O)N1CCc2cc3cc(C)ccc3nc21. The lowest BCUT2D eigenvalue weighted by atomic mass is 10.1. The summed E-state index contributed by atoms with van der Waals surface area (Å²) < 4.78 is 33.7. The van der Waals surface area contributed by atoms with E-state index in [0.29, 0.717) is 24.5 Å². The van der Waals surface area contributed by atoms with Crippen molar-refractivity contribution >= 4 is 26.7 Å². The van der Waals surface area contributed by atoms with Gasteiger partial charge in [0.1, 0.15) is 16.5 Å². The summed E-state index contributed by atoms with van der Waals surface area (Å²) in [5.74, 6) is 0.884. The number of anilines is 1. The number of rotatable bonds is 3. The van der Waals surface area contributed by atoms with Crippen molar-refractivity contribution in [1.29, 1.82) is 0 Å². The van der Waals surface area contributed by atoms with Gasteiger partial charge in [0.25, 0.3) is 10.0 Å². The topological polar surface area (TPSA) is 59.5 Å². The minimum atomic E-state index is -3.77. The van der Waals surface area contributed by atoms with Gasteiger partial charge in [0.2, 0.25) is 0 Å². The Morgan fingerprint density at radius 1 is 1.04 bits per heavy atom. The molecule has 0 N–H and O–H groups in total. The molecular formula is C21H22N2O3S. The zero-order valence-corrected chi connectivity index (χ0v) is 16.7. The predicted molar refractivity (Wildman–Crippen MR) is 107 cm³/mol. The van der Waals surface area contributed by atoms with Gasteiger partial charge in [-0.3, -0.25) is 0 Å². The lowest BCUT2D eigenvalue weighted by Crippen LogP contribution is -2.30. The summed E-state index contributed by atoms with van der Waals surface area (Å²) in [6, 6.07) is 11.5. The third kappa shape index (κ3) is 2.84. The quantitative estimate of drug-likeness (QED) is 0.689. The van der Waals surface area contributed by atoms with E-state index in [0.717, 1.165) is 33.2 Å². The van der Waals surface area contributed by atoms with Gasteiger partial charge in [-0.1, -0.05) is 11.6 Å². The maximum Gasteiger partial charge on any atom is 0.269 e. The second-order valence-corrected chi connectivity index (χ2v) is 8.91. The van der Waals surface area contributed by atoms with E-state index < -0.39 is 10.0 Å². The average Bonchev–Trinajstić information content (AvgIpc) is 3.05. The van der Waals surface area contributed by atoms with Crippen molar-refractivity contribution in [2.75, 3.05) is 18.0 Å². The minimum absolute atomic E-state index is 0.187. The third-order valence-electron chi connectivity index (χ3n) is 5.19. The highest BCUT2D eigenvalue weighted by Gasteiger charge is 2.34. The van der Waals surface area contributed by atoms with E-state index in [4.69, 9.17) is 4.74 Å². The van der Waals surface area contributed by atoms with Crippen LogP contribution in [0.25, 0.3) is 10.9 Å². The highest BCUT2D eigenvalue weighted by Crippen LogP contribution is 2.37. The molecule has 5 nitrogen and oxygen atoms in total. The largest absolute Gasteiger partial charge is 0.495 e. The molecule has 2 aromatic carbocycles. The fraction of sp³-hybridized carbons (Fsp3) is 0.286. The minimum Gasteiger partial charge on any atom is -0.495 e. The zero-order chi connectivity index (χ0) is 19.3. The van der Waals surface area contributed by atoms with Crippen molar-refractivity contribution < 1.29 is 13.2 Å². The number of ether oxygens (including phenoxy) is 1. The molecular weight excluding hydrogens is 360 g/mol. The van der Waals surface area contributed by atoms with Gasteiger partial charge in [-0.25, -0.2) is 17.7 Å². The lowest BCUT2D eigenvalue weighted by molar-refractivity contribution is 0.402. The molecule has 0 saturated heterocycles. The first-order valence-electron chi connectivity index (χ1n) is 8.89. The van der Waals surface area contributed by atoms with E-state index >= 15 is 0 Å². The summed E-state index contributed by atoms with van der Waals surface area (Å²) in [4.78, 5) is 4.86. The van der Waals surface area contributed by atoms with Gasteiger partial charge in [-0.2, -0.15) is 0 Å². The van der Waals surface area contributed by atoms with E-state index in [1.807, 2.05) is 32.9 Å². The maximum atomic E-state index is 13.4. The monoisotopic (exact) mass is 382 g/mol.